The summed E-state index contributed by atoms with van der Waals surface area (Å²) >= 11 is 0. The van der Waals surface area contributed by atoms with Crippen molar-refractivity contribution < 1.29 is 22.8 Å². The SMILES string of the molecule is O=C(NCC1CCC1)[C@@H]1CC(=O)N(c2cnn(CC(F)(F)F)c2)C1. The number of alkyl halides is 3. The Bertz CT molecular complexity index is 624. The highest BCUT2D eigenvalue weighted by molar-refractivity contribution is 6.00. The number of anilines is 1. The molecular formula is C15H19F3N4O2. The van der Waals surface area contributed by atoms with Crippen LogP contribution in [0.5, 0.6) is 0 Å². The summed E-state index contributed by atoms with van der Waals surface area (Å²) in [7, 11) is 0. The first kappa shape index (κ1) is 16.8. The van der Waals surface area contributed by atoms with Gasteiger partial charge in [0.25, 0.3) is 0 Å². The molecule has 1 aromatic heterocycles. The standard InChI is InChI=1S/C15H19F3N4O2/c16-15(17,18)9-21-8-12(6-20-21)22-7-11(4-13(22)23)14(24)19-5-10-2-1-3-10/h6,8,10-11H,1-5,7,9H2,(H,19,24)/t11-/m1/s1. The Morgan fingerprint density at radius 2 is 2.12 bits per heavy atom. The van der Waals surface area contributed by atoms with E-state index in [1.54, 1.807) is 0 Å². The third-order valence-corrected chi connectivity index (χ3v) is 4.56. The zero-order valence-corrected chi connectivity index (χ0v) is 13.1. The maximum absolute atomic E-state index is 12.4. The lowest BCUT2D eigenvalue weighted by atomic mass is 9.85. The van der Waals surface area contributed by atoms with Gasteiger partial charge in [0.05, 0.1) is 17.8 Å². The maximum atomic E-state index is 12.4. The molecule has 1 atom stereocenters. The maximum Gasteiger partial charge on any atom is 0.408 e. The van der Waals surface area contributed by atoms with Gasteiger partial charge in [-0.2, -0.15) is 18.3 Å². The van der Waals surface area contributed by atoms with Gasteiger partial charge in [-0.05, 0) is 18.8 Å². The number of carbonyl (C=O) groups is 2. The molecule has 9 heteroatoms. The molecule has 6 nitrogen and oxygen atoms in total. The molecule has 1 aliphatic heterocycles. The summed E-state index contributed by atoms with van der Waals surface area (Å²) in [5.41, 5.74) is 0.290. The number of carbonyl (C=O) groups excluding carboxylic acids is 2. The van der Waals surface area contributed by atoms with Crippen LogP contribution in [0.3, 0.4) is 0 Å². The Kier molecular flexibility index (Phi) is 4.51. The van der Waals surface area contributed by atoms with Crippen molar-refractivity contribution in [1.82, 2.24) is 15.1 Å². The first-order valence-electron chi connectivity index (χ1n) is 7.99. The second-order valence-electron chi connectivity index (χ2n) is 6.46. The van der Waals surface area contributed by atoms with E-state index < -0.39 is 18.6 Å². The lowest BCUT2D eigenvalue weighted by Gasteiger charge is -2.26. The van der Waals surface area contributed by atoms with E-state index in [0.29, 0.717) is 18.2 Å². The molecule has 0 unspecified atom stereocenters. The number of nitrogens with one attached hydrogen (secondary N) is 1. The summed E-state index contributed by atoms with van der Waals surface area (Å²) in [5.74, 6) is -0.378. The van der Waals surface area contributed by atoms with E-state index in [0.717, 1.165) is 17.5 Å². The average molecular weight is 344 g/mol. The van der Waals surface area contributed by atoms with Crippen LogP contribution in [0.4, 0.5) is 18.9 Å². The Balaban J connectivity index is 1.57. The Morgan fingerprint density at radius 3 is 2.75 bits per heavy atom. The lowest BCUT2D eigenvalue weighted by Crippen LogP contribution is -2.37. The van der Waals surface area contributed by atoms with Crippen molar-refractivity contribution in [3.8, 4) is 0 Å². The topological polar surface area (TPSA) is 67.2 Å². The van der Waals surface area contributed by atoms with Gasteiger partial charge in [0.1, 0.15) is 6.54 Å². The van der Waals surface area contributed by atoms with Gasteiger partial charge in [0.15, 0.2) is 0 Å². The molecule has 0 aromatic carbocycles. The van der Waals surface area contributed by atoms with E-state index in [1.165, 1.54) is 23.7 Å². The van der Waals surface area contributed by atoms with Crippen LogP contribution < -0.4 is 10.2 Å². The molecule has 1 saturated carbocycles. The quantitative estimate of drug-likeness (QED) is 0.884. The van der Waals surface area contributed by atoms with Gasteiger partial charge in [-0.15, -0.1) is 0 Å². The number of aromatic nitrogens is 2. The number of amides is 2. The molecule has 1 aliphatic carbocycles. The molecule has 0 spiro atoms. The molecule has 2 aliphatic rings. The van der Waals surface area contributed by atoms with Crippen molar-refractivity contribution >= 4 is 17.5 Å². The highest BCUT2D eigenvalue weighted by Gasteiger charge is 2.36. The Labute approximate surface area is 137 Å². The van der Waals surface area contributed by atoms with Gasteiger partial charge in [-0.1, -0.05) is 6.42 Å². The Hall–Kier alpha value is -2.06. The van der Waals surface area contributed by atoms with Gasteiger partial charge >= 0.3 is 6.18 Å². The molecule has 24 heavy (non-hydrogen) atoms. The largest absolute Gasteiger partial charge is 0.408 e. The molecule has 2 heterocycles. The summed E-state index contributed by atoms with van der Waals surface area (Å²) in [4.78, 5) is 25.5. The average Bonchev–Trinajstić information content (AvgIpc) is 3.01. The third kappa shape index (κ3) is 3.88. The number of hydrogen-bond donors (Lipinski definition) is 1. The zero-order valence-electron chi connectivity index (χ0n) is 13.1. The van der Waals surface area contributed by atoms with Crippen molar-refractivity contribution in [1.29, 1.82) is 0 Å². The minimum absolute atomic E-state index is 0.0704. The third-order valence-electron chi connectivity index (χ3n) is 4.56. The highest BCUT2D eigenvalue weighted by atomic mass is 19.4. The fraction of sp³-hybridized carbons (Fsp3) is 0.667. The van der Waals surface area contributed by atoms with Crippen LogP contribution in [0, 0.1) is 11.8 Å². The number of nitrogens with zero attached hydrogens (tertiary/aromatic N) is 3. The van der Waals surface area contributed by atoms with Gasteiger partial charge in [0, 0.05) is 25.7 Å². The van der Waals surface area contributed by atoms with E-state index in [2.05, 4.69) is 10.4 Å². The van der Waals surface area contributed by atoms with Crippen molar-refractivity contribution in [3.63, 3.8) is 0 Å². The fourth-order valence-corrected chi connectivity index (χ4v) is 2.98. The molecule has 132 valence electrons. The minimum atomic E-state index is -4.37. The van der Waals surface area contributed by atoms with Gasteiger partial charge in [-0.25, -0.2) is 0 Å². The molecule has 0 bridgehead atoms. The van der Waals surface area contributed by atoms with E-state index in [-0.39, 0.29) is 24.8 Å². The van der Waals surface area contributed by atoms with Gasteiger partial charge < -0.3 is 10.2 Å². The smallest absolute Gasteiger partial charge is 0.356 e. The zero-order chi connectivity index (χ0) is 17.3. The summed E-state index contributed by atoms with van der Waals surface area (Å²) in [6.07, 6.45) is 1.53. The van der Waals surface area contributed by atoms with Crippen molar-refractivity contribution in [2.75, 3.05) is 18.0 Å². The summed E-state index contributed by atoms with van der Waals surface area (Å²) in [5, 5.41) is 6.50. The molecule has 0 radical (unpaired) electrons. The summed E-state index contributed by atoms with van der Waals surface area (Å²) in [6, 6.07) is 0. The normalized spacial score (nSPS) is 21.9. The molecule has 1 N–H and O–H groups in total. The van der Waals surface area contributed by atoms with Crippen molar-refractivity contribution in [3.05, 3.63) is 12.4 Å². The molecule has 2 fully saturated rings. The predicted octanol–water partition coefficient (Wildman–Crippen LogP) is 1.71. The van der Waals surface area contributed by atoms with Crippen molar-refractivity contribution in [2.24, 2.45) is 11.8 Å². The van der Waals surface area contributed by atoms with E-state index in [4.69, 9.17) is 0 Å². The molecular weight excluding hydrogens is 325 g/mol. The molecule has 2 amide bonds. The van der Waals surface area contributed by atoms with Gasteiger partial charge in [-0.3, -0.25) is 14.3 Å². The summed E-state index contributed by atoms with van der Waals surface area (Å²) < 4.78 is 37.8. The van der Waals surface area contributed by atoms with Crippen LogP contribution in [0.15, 0.2) is 12.4 Å². The molecule has 1 saturated heterocycles. The summed E-state index contributed by atoms with van der Waals surface area (Å²) in [6.45, 7) is -0.402. The van der Waals surface area contributed by atoms with Crippen molar-refractivity contribution in [2.45, 2.75) is 38.4 Å². The van der Waals surface area contributed by atoms with Crippen LogP contribution in [-0.4, -0.2) is 40.9 Å². The lowest BCUT2D eigenvalue weighted by molar-refractivity contribution is -0.142. The van der Waals surface area contributed by atoms with Crippen LogP contribution in [0.2, 0.25) is 0 Å². The first-order chi connectivity index (χ1) is 11.3. The fourth-order valence-electron chi connectivity index (χ4n) is 2.98. The molecule has 1 aromatic rings. The second-order valence-corrected chi connectivity index (χ2v) is 6.46. The van der Waals surface area contributed by atoms with E-state index in [9.17, 15) is 22.8 Å². The van der Waals surface area contributed by atoms with Gasteiger partial charge in [0.2, 0.25) is 11.8 Å². The molecule has 3 rings (SSSR count). The number of hydrogen-bond acceptors (Lipinski definition) is 3. The minimum Gasteiger partial charge on any atom is -0.356 e. The van der Waals surface area contributed by atoms with E-state index in [1.807, 2.05) is 0 Å². The predicted molar refractivity (Wildman–Crippen MR) is 79.1 cm³/mol. The first-order valence-corrected chi connectivity index (χ1v) is 7.99. The highest BCUT2D eigenvalue weighted by Crippen LogP contribution is 2.27. The van der Waals surface area contributed by atoms with Crippen LogP contribution in [0.1, 0.15) is 25.7 Å². The van der Waals surface area contributed by atoms with Crippen LogP contribution in [-0.2, 0) is 16.1 Å². The van der Waals surface area contributed by atoms with Crippen LogP contribution in [0.25, 0.3) is 0 Å². The van der Waals surface area contributed by atoms with Crippen LogP contribution >= 0.6 is 0 Å². The number of halogens is 3. The second kappa shape index (κ2) is 6.45. The number of rotatable bonds is 5. The van der Waals surface area contributed by atoms with E-state index >= 15 is 0 Å². The Morgan fingerprint density at radius 1 is 1.38 bits per heavy atom. The monoisotopic (exact) mass is 344 g/mol.